The molecule has 1 aromatic carbocycles. The molecule has 0 aliphatic heterocycles. The van der Waals surface area contributed by atoms with Crippen LogP contribution in [0.2, 0.25) is 0 Å². The highest BCUT2D eigenvalue weighted by Gasteiger charge is 2.38. The van der Waals surface area contributed by atoms with Gasteiger partial charge in [-0.1, -0.05) is 43.7 Å². The summed E-state index contributed by atoms with van der Waals surface area (Å²) in [4.78, 5) is 41.6. The monoisotopic (exact) mass is 507 g/mol. The summed E-state index contributed by atoms with van der Waals surface area (Å²) in [5.41, 5.74) is 1.07. The molecule has 7 nitrogen and oxygen atoms in total. The number of benzene rings is 1. The molecule has 0 bridgehead atoms. The van der Waals surface area contributed by atoms with Crippen molar-refractivity contribution in [2.75, 3.05) is 5.75 Å². The smallest absolute Gasteiger partial charge is 0.408 e. The van der Waals surface area contributed by atoms with Crippen LogP contribution in [0.25, 0.3) is 0 Å². The van der Waals surface area contributed by atoms with Gasteiger partial charge in [0.25, 0.3) is 0 Å². The van der Waals surface area contributed by atoms with Crippen LogP contribution in [0.5, 0.6) is 0 Å². The Bertz CT molecular complexity index is 834. The molecule has 3 atom stereocenters. The van der Waals surface area contributed by atoms with Crippen LogP contribution in [0.4, 0.5) is 4.79 Å². The van der Waals surface area contributed by atoms with E-state index in [1.54, 1.807) is 25.7 Å². The number of nitrogens with zero attached hydrogens (tertiary/aromatic N) is 1. The van der Waals surface area contributed by atoms with Crippen LogP contribution in [0.3, 0.4) is 0 Å². The number of hydrogen-bond donors (Lipinski definition) is 3. The van der Waals surface area contributed by atoms with E-state index >= 15 is 0 Å². The normalized spacial score (nSPS) is 14.3. The zero-order valence-corrected chi connectivity index (χ0v) is 23.7. The van der Waals surface area contributed by atoms with E-state index in [0.717, 1.165) is 12.0 Å². The topological polar surface area (TPSA) is 87.7 Å². The highest BCUT2D eigenvalue weighted by Crippen LogP contribution is 2.28. The fourth-order valence-corrected chi connectivity index (χ4v) is 3.93. The van der Waals surface area contributed by atoms with E-state index in [1.165, 1.54) is 0 Å². The molecule has 0 saturated carbocycles. The molecule has 8 heteroatoms. The fourth-order valence-electron chi connectivity index (χ4n) is 3.68. The molecule has 198 valence electrons. The third kappa shape index (κ3) is 10.5. The van der Waals surface area contributed by atoms with Gasteiger partial charge in [0.2, 0.25) is 11.8 Å². The third-order valence-electron chi connectivity index (χ3n) is 5.41. The van der Waals surface area contributed by atoms with Crippen molar-refractivity contribution in [3.05, 3.63) is 35.4 Å². The molecule has 0 aliphatic rings. The first-order chi connectivity index (χ1) is 16.2. The second kappa shape index (κ2) is 13.8. The minimum atomic E-state index is -0.950. The van der Waals surface area contributed by atoms with Gasteiger partial charge in [0.1, 0.15) is 17.7 Å². The first-order valence-corrected chi connectivity index (χ1v) is 13.1. The van der Waals surface area contributed by atoms with E-state index in [2.05, 4.69) is 37.1 Å². The minimum absolute atomic E-state index is 0.0674. The van der Waals surface area contributed by atoms with Crippen LogP contribution in [0.15, 0.2) is 24.3 Å². The van der Waals surface area contributed by atoms with E-state index in [0.29, 0.717) is 17.9 Å². The van der Waals surface area contributed by atoms with Crippen molar-refractivity contribution in [1.82, 2.24) is 15.5 Å². The average molecular weight is 508 g/mol. The third-order valence-corrected chi connectivity index (χ3v) is 5.78. The number of rotatable bonds is 11. The van der Waals surface area contributed by atoms with Gasteiger partial charge in [-0.05, 0) is 72.8 Å². The number of alkyl carbamates (subject to hydrolysis) is 1. The lowest BCUT2D eigenvalue weighted by Crippen LogP contribution is -2.56. The molecule has 0 spiro atoms. The van der Waals surface area contributed by atoms with Gasteiger partial charge in [0, 0.05) is 17.8 Å². The Morgan fingerprint density at radius 3 is 2.00 bits per heavy atom. The van der Waals surface area contributed by atoms with Crippen molar-refractivity contribution in [3.8, 4) is 0 Å². The molecule has 1 rings (SSSR count). The molecule has 0 saturated heterocycles. The van der Waals surface area contributed by atoms with Crippen LogP contribution >= 0.6 is 12.6 Å². The Balaban J connectivity index is 3.48. The molecular weight excluding hydrogens is 462 g/mol. The second-order valence-corrected chi connectivity index (χ2v) is 11.3. The number of carbonyl (C=O) groups is 3. The number of carbonyl (C=O) groups excluding carboxylic acids is 3. The van der Waals surface area contributed by atoms with Gasteiger partial charge in [-0.15, -0.1) is 0 Å². The molecule has 0 aliphatic carbocycles. The summed E-state index contributed by atoms with van der Waals surface area (Å²) in [6.45, 7) is 17.2. The largest absolute Gasteiger partial charge is 0.444 e. The lowest BCUT2D eigenvalue weighted by molar-refractivity contribution is -0.145. The summed E-state index contributed by atoms with van der Waals surface area (Å²) in [6, 6.07) is 5.47. The zero-order valence-electron chi connectivity index (χ0n) is 22.8. The lowest BCUT2D eigenvalue weighted by Gasteiger charge is -2.39. The van der Waals surface area contributed by atoms with Crippen LogP contribution in [-0.2, 0) is 14.3 Å². The first kappa shape index (κ1) is 30.8. The van der Waals surface area contributed by atoms with Gasteiger partial charge in [0.05, 0.1) is 0 Å². The number of aryl methyl sites for hydroxylation is 1. The molecule has 0 aromatic heterocycles. The Morgan fingerprint density at radius 1 is 0.971 bits per heavy atom. The highest BCUT2D eigenvalue weighted by atomic mass is 32.1. The number of amides is 3. The summed E-state index contributed by atoms with van der Waals surface area (Å²) in [7, 11) is 0. The van der Waals surface area contributed by atoms with Gasteiger partial charge in [-0.3, -0.25) is 9.59 Å². The summed E-state index contributed by atoms with van der Waals surface area (Å²) < 4.78 is 5.36. The molecular formula is C27H45N3O4S. The number of thiol groups is 1. The van der Waals surface area contributed by atoms with Crippen LogP contribution in [0.1, 0.15) is 85.4 Å². The standard InChI is InChI=1S/C27H45N3O4S/c1-17(2)10-13-20(6)30(25(32)22(16-35)29-26(33)34-27(7,8)9)23(24(31)28-18(3)4)21-14-11-19(5)12-15-21/h11-12,14-15,17-18,20,22-23,35H,10,13,16H2,1-9H3,(H,28,31)(H,29,33). The van der Waals surface area contributed by atoms with E-state index in [1.807, 2.05) is 52.0 Å². The zero-order chi connectivity index (χ0) is 26.9. The van der Waals surface area contributed by atoms with Crippen LogP contribution in [-0.4, -0.2) is 52.3 Å². The Labute approximate surface area is 217 Å². The SMILES string of the molecule is Cc1ccc(C(C(=O)NC(C)C)N(C(=O)C(CS)NC(=O)OC(C)(C)C)C(C)CCC(C)C)cc1. The van der Waals surface area contributed by atoms with Crippen molar-refractivity contribution in [1.29, 1.82) is 0 Å². The van der Waals surface area contributed by atoms with Crippen LogP contribution < -0.4 is 10.6 Å². The van der Waals surface area contributed by atoms with E-state index in [4.69, 9.17) is 4.74 Å². The maximum absolute atomic E-state index is 14.0. The van der Waals surface area contributed by atoms with Gasteiger partial charge in [-0.25, -0.2) is 4.79 Å². The molecule has 3 amide bonds. The van der Waals surface area contributed by atoms with Gasteiger partial charge < -0.3 is 20.3 Å². The van der Waals surface area contributed by atoms with Crippen LogP contribution in [0, 0.1) is 12.8 Å². The second-order valence-electron chi connectivity index (χ2n) is 10.9. The molecule has 35 heavy (non-hydrogen) atoms. The summed E-state index contributed by atoms with van der Waals surface area (Å²) >= 11 is 4.35. The van der Waals surface area contributed by atoms with Gasteiger partial charge in [-0.2, -0.15) is 12.6 Å². The van der Waals surface area contributed by atoms with Gasteiger partial charge in [0.15, 0.2) is 0 Å². The van der Waals surface area contributed by atoms with Crippen molar-refractivity contribution >= 4 is 30.5 Å². The Hall–Kier alpha value is -2.22. The predicted octanol–water partition coefficient (Wildman–Crippen LogP) is 5.04. The van der Waals surface area contributed by atoms with E-state index < -0.39 is 23.8 Å². The number of ether oxygens (including phenoxy) is 1. The van der Waals surface area contributed by atoms with Gasteiger partial charge >= 0.3 is 6.09 Å². The Morgan fingerprint density at radius 2 is 1.54 bits per heavy atom. The van der Waals surface area contributed by atoms with Crippen molar-refractivity contribution in [2.45, 2.75) is 105 Å². The number of hydrogen-bond acceptors (Lipinski definition) is 5. The molecule has 3 unspecified atom stereocenters. The Kier molecular flexibility index (Phi) is 12.1. The van der Waals surface area contributed by atoms with E-state index in [9.17, 15) is 14.4 Å². The van der Waals surface area contributed by atoms with Crippen molar-refractivity contribution in [3.63, 3.8) is 0 Å². The molecule has 0 fully saturated rings. The van der Waals surface area contributed by atoms with E-state index in [-0.39, 0.29) is 29.7 Å². The quantitative estimate of drug-likeness (QED) is 0.366. The molecule has 2 N–H and O–H groups in total. The highest BCUT2D eigenvalue weighted by molar-refractivity contribution is 7.80. The fraction of sp³-hybridized carbons (Fsp3) is 0.667. The summed E-state index contributed by atoms with van der Waals surface area (Å²) in [6.07, 6.45) is 0.910. The number of nitrogens with one attached hydrogen (secondary N) is 2. The maximum atomic E-state index is 14.0. The molecule has 0 radical (unpaired) electrons. The van der Waals surface area contributed by atoms with Crippen molar-refractivity contribution < 1.29 is 19.1 Å². The summed E-state index contributed by atoms with van der Waals surface area (Å²) in [5, 5.41) is 5.63. The molecule has 0 heterocycles. The lowest BCUT2D eigenvalue weighted by atomic mass is 9.96. The maximum Gasteiger partial charge on any atom is 0.408 e. The first-order valence-electron chi connectivity index (χ1n) is 12.5. The summed E-state index contributed by atoms with van der Waals surface area (Å²) in [5.74, 6) is -0.120. The van der Waals surface area contributed by atoms with Crippen molar-refractivity contribution in [2.24, 2.45) is 5.92 Å². The average Bonchev–Trinajstić information content (AvgIpc) is 2.72. The molecule has 1 aromatic rings. The predicted molar refractivity (Wildman–Crippen MR) is 145 cm³/mol. The minimum Gasteiger partial charge on any atom is -0.444 e.